The first-order valence-corrected chi connectivity index (χ1v) is 10.9. The highest BCUT2D eigenvalue weighted by atomic mass is 19.1. The molecule has 1 N–H and O–H groups in total. The summed E-state index contributed by atoms with van der Waals surface area (Å²) in [5.41, 5.74) is 2.24. The first-order valence-electron chi connectivity index (χ1n) is 10.9. The van der Waals surface area contributed by atoms with Crippen LogP contribution < -0.4 is 5.32 Å². The molecular weight excluding hydrogens is 393 g/mol. The topological polar surface area (TPSA) is 52.7 Å². The third-order valence-corrected chi connectivity index (χ3v) is 5.65. The minimum absolute atomic E-state index is 0.112. The van der Waals surface area contributed by atoms with Gasteiger partial charge in [-0.25, -0.2) is 4.39 Å². The molecular formula is C25H32FN3O2. The molecule has 1 fully saturated rings. The molecule has 0 spiro atoms. The van der Waals surface area contributed by atoms with Gasteiger partial charge >= 0.3 is 0 Å². The lowest BCUT2D eigenvalue weighted by Gasteiger charge is -2.33. The van der Waals surface area contributed by atoms with E-state index in [-0.39, 0.29) is 23.5 Å². The van der Waals surface area contributed by atoms with Crippen LogP contribution in [0.5, 0.6) is 0 Å². The molecule has 1 saturated heterocycles. The number of nitrogens with zero attached hydrogens (tertiary/aromatic N) is 2. The monoisotopic (exact) mass is 425 g/mol. The molecule has 0 unspecified atom stereocenters. The number of nitrogens with one attached hydrogen (secondary N) is 1. The van der Waals surface area contributed by atoms with Crippen molar-refractivity contribution >= 4 is 17.5 Å². The van der Waals surface area contributed by atoms with Crippen molar-refractivity contribution in [2.45, 2.75) is 33.2 Å². The Morgan fingerprint density at radius 2 is 1.81 bits per heavy atom. The number of anilines is 1. The average molecular weight is 426 g/mol. The molecule has 0 aromatic heterocycles. The lowest BCUT2D eigenvalue weighted by molar-refractivity contribution is -0.136. The summed E-state index contributed by atoms with van der Waals surface area (Å²) in [4.78, 5) is 29.2. The van der Waals surface area contributed by atoms with Crippen LogP contribution in [-0.4, -0.2) is 48.3 Å². The zero-order valence-corrected chi connectivity index (χ0v) is 18.6. The number of carbonyl (C=O) groups excluding carboxylic acids is 2. The smallest absolute Gasteiger partial charge is 0.255 e. The maximum atomic E-state index is 13.1. The van der Waals surface area contributed by atoms with E-state index >= 15 is 0 Å². The van der Waals surface area contributed by atoms with Gasteiger partial charge in [0.15, 0.2) is 0 Å². The lowest BCUT2D eigenvalue weighted by Crippen LogP contribution is -2.41. The van der Waals surface area contributed by atoms with Crippen LogP contribution in [-0.2, 0) is 11.3 Å². The molecule has 0 radical (unpaired) electrons. The molecule has 6 heteroatoms. The predicted octanol–water partition coefficient (Wildman–Crippen LogP) is 4.40. The zero-order valence-electron chi connectivity index (χ0n) is 18.6. The largest absolute Gasteiger partial charge is 0.345 e. The van der Waals surface area contributed by atoms with E-state index in [1.54, 1.807) is 0 Å². The Morgan fingerprint density at radius 3 is 2.45 bits per heavy atom. The van der Waals surface area contributed by atoms with Gasteiger partial charge in [-0.1, -0.05) is 26.0 Å². The van der Waals surface area contributed by atoms with Crippen LogP contribution in [0, 0.1) is 17.7 Å². The van der Waals surface area contributed by atoms with Crippen LogP contribution in [0.15, 0.2) is 48.5 Å². The Morgan fingerprint density at radius 1 is 1.13 bits per heavy atom. The van der Waals surface area contributed by atoms with Crippen molar-refractivity contribution < 1.29 is 14.0 Å². The predicted molar refractivity (Wildman–Crippen MR) is 121 cm³/mol. The van der Waals surface area contributed by atoms with Gasteiger partial charge in [0.2, 0.25) is 5.91 Å². The molecule has 0 bridgehead atoms. The maximum Gasteiger partial charge on any atom is 0.255 e. The van der Waals surface area contributed by atoms with Gasteiger partial charge in [0, 0.05) is 37.3 Å². The molecule has 2 aromatic carbocycles. The SMILES string of the molecule is CC(C)CN(C)C(=O)C1CCN(Cc2cccc(NC(=O)c3ccc(F)cc3)c2)CC1. The normalized spacial score (nSPS) is 15.1. The molecule has 0 saturated carbocycles. The number of rotatable bonds is 7. The summed E-state index contributed by atoms with van der Waals surface area (Å²) >= 11 is 0. The van der Waals surface area contributed by atoms with E-state index in [0.29, 0.717) is 17.2 Å². The number of carbonyl (C=O) groups is 2. The van der Waals surface area contributed by atoms with E-state index in [2.05, 4.69) is 24.1 Å². The number of hydrogen-bond donors (Lipinski definition) is 1. The molecule has 1 aliphatic heterocycles. The molecule has 1 aliphatic rings. The Kier molecular flexibility index (Phi) is 7.80. The molecule has 5 nitrogen and oxygen atoms in total. The quantitative estimate of drug-likeness (QED) is 0.715. The molecule has 3 rings (SSSR count). The van der Waals surface area contributed by atoms with Crippen LogP contribution >= 0.6 is 0 Å². The van der Waals surface area contributed by atoms with E-state index in [0.717, 1.165) is 44.6 Å². The summed E-state index contributed by atoms with van der Waals surface area (Å²) < 4.78 is 13.1. The van der Waals surface area contributed by atoms with Crippen molar-refractivity contribution in [2.24, 2.45) is 11.8 Å². The maximum absolute atomic E-state index is 13.1. The van der Waals surface area contributed by atoms with Gasteiger partial charge < -0.3 is 10.2 Å². The summed E-state index contributed by atoms with van der Waals surface area (Å²) in [7, 11) is 1.90. The van der Waals surface area contributed by atoms with Gasteiger partial charge in [0.1, 0.15) is 5.82 Å². The van der Waals surface area contributed by atoms with Gasteiger partial charge in [-0.2, -0.15) is 0 Å². The number of halogens is 1. The number of benzene rings is 2. The van der Waals surface area contributed by atoms with E-state index in [1.807, 2.05) is 36.2 Å². The Balaban J connectivity index is 1.52. The molecule has 0 aliphatic carbocycles. The Labute approximate surface area is 184 Å². The highest BCUT2D eigenvalue weighted by molar-refractivity contribution is 6.04. The van der Waals surface area contributed by atoms with Crippen molar-refractivity contribution in [3.63, 3.8) is 0 Å². The molecule has 31 heavy (non-hydrogen) atoms. The van der Waals surface area contributed by atoms with Gasteiger partial charge in [-0.3, -0.25) is 14.5 Å². The summed E-state index contributed by atoms with van der Waals surface area (Å²) in [5.74, 6) is 0.225. The van der Waals surface area contributed by atoms with Crippen LogP contribution in [0.4, 0.5) is 10.1 Å². The number of piperidine rings is 1. The summed E-state index contributed by atoms with van der Waals surface area (Å²) in [6.45, 7) is 7.61. The van der Waals surface area contributed by atoms with Crippen LogP contribution in [0.1, 0.15) is 42.6 Å². The van der Waals surface area contributed by atoms with Crippen LogP contribution in [0.3, 0.4) is 0 Å². The van der Waals surface area contributed by atoms with E-state index < -0.39 is 0 Å². The van der Waals surface area contributed by atoms with E-state index in [4.69, 9.17) is 0 Å². The second-order valence-corrected chi connectivity index (χ2v) is 8.82. The highest BCUT2D eigenvalue weighted by Gasteiger charge is 2.27. The molecule has 166 valence electrons. The van der Waals surface area contributed by atoms with Crippen molar-refractivity contribution in [3.8, 4) is 0 Å². The second kappa shape index (κ2) is 10.5. The fourth-order valence-electron chi connectivity index (χ4n) is 4.10. The van der Waals surface area contributed by atoms with Gasteiger partial charge in [0.05, 0.1) is 0 Å². The minimum atomic E-state index is -0.365. The molecule has 1 heterocycles. The minimum Gasteiger partial charge on any atom is -0.345 e. The van der Waals surface area contributed by atoms with Crippen molar-refractivity contribution in [1.29, 1.82) is 0 Å². The average Bonchev–Trinajstić information content (AvgIpc) is 2.74. The fraction of sp³-hybridized carbons (Fsp3) is 0.440. The lowest BCUT2D eigenvalue weighted by atomic mass is 9.94. The van der Waals surface area contributed by atoms with Gasteiger partial charge in [-0.05, 0) is 73.8 Å². The zero-order chi connectivity index (χ0) is 22.4. The van der Waals surface area contributed by atoms with E-state index in [1.165, 1.54) is 24.3 Å². The first-order chi connectivity index (χ1) is 14.8. The second-order valence-electron chi connectivity index (χ2n) is 8.82. The summed E-state index contributed by atoms with van der Waals surface area (Å²) in [5, 5.41) is 2.88. The fourth-order valence-corrected chi connectivity index (χ4v) is 4.10. The van der Waals surface area contributed by atoms with Crippen LogP contribution in [0.25, 0.3) is 0 Å². The standard InChI is InChI=1S/C25H32FN3O2/c1-18(2)16-28(3)25(31)21-11-13-29(14-12-21)17-19-5-4-6-23(15-19)27-24(30)20-7-9-22(26)10-8-20/h4-10,15,18,21H,11-14,16-17H2,1-3H3,(H,27,30). The highest BCUT2D eigenvalue weighted by Crippen LogP contribution is 2.22. The van der Waals surface area contributed by atoms with E-state index in [9.17, 15) is 14.0 Å². The Bertz CT molecular complexity index is 890. The van der Waals surface area contributed by atoms with Crippen LogP contribution in [0.2, 0.25) is 0 Å². The summed E-state index contributed by atoms with van der Waals surface area (Å²) in [6, 6.07) is 13.3. The third kappa shape index (κ3) is 6.62. The third-order valence-electron chi connectivity index (χ3n) is 5.65. The van der Waals surface area contributed by atoms with Gasteiger partial charge in [0.25, 0.3) is 5.91 Å². The number of likely N-dealkylation sites (tertiary alicyclic amines) is 1. The first kappa shape index (κ1) is 22.9. The Hall–Kier alpha value is -2.73. The van der Waals surface area contributed by atoms with Crippen molar-refractivity contribution in [2.75, 3.05) is 32.0 Å². The van der Waals surface area contributed by atoms with Crippen molar-refractivity contribution in [3.05, 3.63) is 65.5 Å². The number of amides is 2. The molecule has 2 aromatic rings. The number of hydrogen-bond acceptors (Lipinski definition) is 3. The summed E-state index contributed by atoms with van der Waals surface area (Å²) in [6.07, 6.45) is 1.75. The molecule has 0 atom stereocenters. The van der Waals surface area contributed by atoms with Gasteiger partial charge in [-0.15, -0.1) is 0 Å². The molecule has 2 amide bonds. The van der Waals surface area contributed by atoms with Crippen molar-refractivity contribution in [1.82, 2.24) is 9.80 Å².